The van der Waals surface area contributed by atoms with Crippen LogP contribution in [0.4, 0.5) is 0 Å². The van der Waals surface area contributed by atoms with Crippen LogP contribution in [0.2, 0.25) is 0 Å². The molecule has 0 spiro atoms. The van der Waals surface area contributed by atoms with Crippen LogP contribution in [-0.4, -0.2) is 15.0 Å². The third-order valence-electron chi connectivity index (χ3n) is 6.24. The Balaban J connectivity index is 0.000000179. The number of aromatic nitrogens is 3. The van der Waals surface area contributed by atoms with Crippen molar-refractivity contribution in [3.8, 4) is 22.5 Å². The number of pyridine rings is 3. The molecule has 5 aromatic heterocycles. The van der Waals surface area contributed by atoms with E-state index in [0.29, 0.717) is 5.71 Å². The monoisotopic (exact) mass is 690 g/mol. The molecule has 0 fully saturated rings. The van der Waals surface area contributed by atoms with E-state index in [1.807, 2.05) is 74.8 Å². The predicted octanol–water partition coefficient (Wildman–Crippen LogP) is 8.53. The average molecular weight is 690 g/mol. The molecule has 6 heteroatoms. The van der Waals surface area contributed by atoms with Crippen molar-refractivity contribution in [2.24, 2.45) is 0 Å². The molecule has 7 aromatic rings. The van der Waals surface area contributed by atoms with Crippen molar-refractivity contribution < 1.29 is 24.5 Å². The van der Waals surface area contributed by atoms with Gasteiger partial charge in [0.1, 0.15) is 0 Å². The average Bonchev–Trinajstić information content (AvgIpc) is 3.49. The quantitative estimate of drug-likeness (QED) is 0.171. The maximum absolute atomic E-state index is 6.06. The van der Waals surface area contributed by atoms with Crippen molar-refractivity contribution in [2.75, 3.05) is 0 Å². The zero-order valence-corrected chi connectivity index (χ0v) is 24.3. The first kappa shape index (κ1) is 25.9. The van der Waals surface area contributed by atoms with Crippen LogP contribution < -0.4 is 0 Å². The fourth-order valence-electron chi connectivity index (χ4n) is 4.27. The summed E-state index contributed by atoms with van der Waals surface area (Å²) in [6, 6.07) is 28.5. The van der Waals surface area contributed by atoms with Crippen molar-refractivity contribution in [1.29, 1.82) is 0 Å². The van der Waals surface area contributed by atoms with E-state index < -0.39 is 0 Å². The minimum Gasteiger partial charge on any atom is -0.486 e. The number of furan rings is 1. The first-order chi connectivity index (χ1) is 18.1. The zero-order valence-electron chi connectivity index (χ0n) is 21.1. The maximum Gasteiger partial charge on any atom is 0.216 e. The standard InChI is InChI=1S/C20H13N2OS.C12H10N.Ir/c1-11-10-24-18-8-17(21-9-16(11)18)15-5-3-4-13-14-7-6-12(2)22-20(14)23-19(13)15;1-10-7-8-12(13-9-10)11-5-3-2-4-6-11;/h3-4,6-10H,1-2H3;2-5,7-9H,1H3;/q2*-1;. The molecule has 4 nitrogen and oxygen atoms in total. The van der Waals surface area contributed by atoms with Crippen LogP contribution in [0.15, 0.2) is 88.9 Å². The Hall–Kier alpha value is -3.70. The van der Waals surface area contributed by atoms with Crippen molar-refractivity contribution >= 4 is 43.5 Å². The Morgan fingerprint density at radius 2 is 1.66 bits per heavy atom. The van der Waals surface area contributed by atoms with Crippen molar-refractivity contribution in [3.63, 3.8) is 0 Å². The number of hydrogen-bond donors (Lipinski definition) is 0. The van der Waals surface area contributed by atoms with Gasteiger partial charge in [-0.1, -0.05) is 29.1 Å². The van der Waals surface area contributed by atoms with Crippen LogP contribution in [0, 0.1) is 32.9 Å². The molecule has 0 amide bonds. The molecule has 0 aliphatic heterocycles. The number of nitrogens with zero attached hydrogens (tertiary/aromatic N) is 3. The second kappa shape index (κ2) is 11.0. The second-order valence-corrected chi connectivity index (χ2v) is 9.90. The van der Waals surface area contributed by atoms with Gasteiger partial charge in [0.05, 0.1) is 5.58 Å². The Kier molecular flexibility index (Phi) is 7.48. The van der Waals surface area contributed by atoms with Crippen LogP contribution in [0.5, 0.6) is 0 Å². The van der Waals surface area contributed by atoms with Gasteiger partial charge in [0.15, 0.2) is 0 Å². The number of rotatable bonds is 2. The summed E-state index contributed by atoms with van der Waals surface area (Å²) in [5.41, 5.74) is 8.64. The van der Waals surface area contributed by atoms with Gasteiger partial charge in [0.2, 0.25) is 5.71 Å². The molecule has 0 aliphatic carbocycles. The summed E-state index contributed by atoms with van der Waals surface area (Å²) >= 11 is 1.74. The Morgan fingerprint density at radius 3 is 2.45 bits per heavy atom. The summed E-state index contributed by atoms with van der Waals surface area (Å²) in [5.74, 6) is 0. The normalized spacial score (nSPS) is 10.8. The van der Waals surface area contributed by atoms with Crippen molar-refractivity contribution in [1.82, 2.24) is 15.0 Å². The fourth-order valence-corrected chi connectivity index (χ4v) is 5.22. The van der Waals surface area contributed by atoms with Crippen LogP contribution >= 0.6 is 11.3 Å². The fraction of sp³-hybridized carbons (Fsp3) is 0.0938. The van der Waals surface area contributed by atoms with Crippen LogP contribution in [0.1, 0.15) is 16.8 Å². The first-order valence-corrected chi connectivity index (χ1v) is 12.9. The van der Waals surface area contributed by atoms with Gasteiger partial charge >= 0.3 is 0 Å². The number of aryl methyl sites for hydroxylation is 3. The Labute approximate surface area is 238 Å². The largest absolute Gasteiger partial charge is 0.486 e. The van der Waals surface area contributed by atoms with Crippen LogP contribution in [0.3, 0.4) is 0 Å². The van der Waals surface area contributed by atoms with Gasteiger partial charge in [-0.3, -0.25) is 0 Å². The second-order valence-electron chi connectivity index (χ2n) is 8.98. The summed E-state index contributed by atoms with van der Waals surface area (Å²) < 4.78 is 7.29. The van der Waals surface area contributed by atoms with Gasteiger partial charge in [-0.25, -0.2) is 4.98 Å². The van der Waals surface area contributed by atoms with E-state index in [2.05, 4.69) is 57.6 Å². The molecule has 5 heterocycles. The van der Waals surface area contributed by atoms with E-state index in [1.165, 1.54) is 21.2 Å². The van der Waals surface area contributed by atoms with E-state index in [9.17, 15) is 0 Å². The zero-order chi connectivity index (χ0) is 25.4. The number of fused-ring (bicyclic) bond motifs is 4. The molecule has 38 heavy (non-hydrogen) atoms. The smallest absolute Gasteiger partial charge is 0.216 e. The molecule has 0 saturated carbocycles. The van der Waals surface area contributed by atoms with Crippen molar-refractivity contribution in [3.05, 3.63) is 113 Å². The molecule has 0 unspecified atom stereocenters. The molecule has 0 bridgehead atoms. The van der Waals surface area contributed by atoms with E-state index in [1.54, 1.807) is 11.3 Å². The molecule has 0 saturated heterocycles. The molecule has 1 radical (unpaired) electrons. The molecule has 2 aromatic carbocycles. The SMILES string of the molecule is Cc1ccc(-c2[c-]cccc2)nc1.Cc1ccc2c(n1)oc1c(-c3cc4scc(C)c4cn3)[c-]ccc12.[Ir]. The van der Waals surface area contributed by atoms with Gasteiger partial charge < -0.3 is 14.4 Å². The van der Waals surface area contributed by atoms with Gasteiger partial charge in [-0.2, -0.15) is 0 Å². The molecular weight excluding hydrogens is 667 g/mol. The third kappa shape index (κ3) is 5.03. The molecular formula is C32H23IrN3OS-2. The van der Waals surface area contributed by atoms with E-state index in [0.717, 1.165) is 44.6 Å². The van der Waals surface area contributed by atoms with E-state index >= 15 is 0 Å². The number of thiophene rings is 1. The van der Waals surface area contributed by atoms with Gasteiger partial charge in [-0.15, -0.1) is 65.4 Å². The molecule has 0 N–H and O–H groups in total. The Morgan fingerprint density at radius 1 is 0.789 bits per heavy atom. The van der Waals surface area contributed by atoms with Gasteiger partial charge in [0, 0.05) is 53.7 Å². The molecule has 0 aliphatic rings. The summed E-state index contributed by atoms with van der Waals surface area (Å²) in [6.07, 6.45) is 3.81. The third-order valence-corrected chi connectivity index (χ3v) is 7.31. The topological polar surface area (TPSA) is 51.8 Å². The summed E-state index contributed by atoms with van der Waals surface area (Å²) in [4.78, 5) is 13.5. The Bertz CT molecular complexity index is 1860. The first-order valence-electron chi connectivity index (χ1n) is 12.0. The summed E-state index contributed by atoms with van der Waals surface area (Å²) in [5, 5.41) is 5.45. The predicted molar refractivity (Wildman–Crippen MR) is 152 cm³/mol. The molecule has 0 atom stereocenters. The van der Waals surface area contributed by atoms with Crippen molar-refractivity contribution in [2.45, 2.75) is 20.8 Å². The molecule has 189 valence electrons. The maximum atomic E-state index is 6.06. The summed E-state index contributed by atoms with van der Waals surface area (Å²) in [7, 11) is 0. The van der Waals surface area contributed by atoms with Gasteiger partial charge in [0.25, 0.3) is 0 Å². The van der Waals surface area contributed by atoms with E-state index in [-0.39, 0.29) is 20.1 Å². The molecule has 7 rings (SSSR count). The minimum atomic E-state index is 0. The van der Waals surface area contributed by atoms with Gasteiger partial charge in [-0.05, 0) is 60.8 Å². The van der Waals surface area contributed by atoms with E-state index in [4.69, 9.17) is 4.42 Å². The number of benzene rings is 2. The van der Waals surface area contributed by atoms with Crippen LogP contribution in [-0.2, 0) is 20.1 Å². The summed E-state index contributed by atoms with van der Waals surface area (Å²) in [6.45, 7) is 6.11. The van der Waals surface area contributed by atoms with Crippen LogP contribution in [0.25, 0.3) is 54.7 Å². The minimum absolute atomic E-state index is 0. The number of hydrogen-bond acceptors (Lipinski definition) is 5.